The lowest BCUT2D eigenvalue weighted by Crippen LogP contribution is -2.37. The Balaban J connectivity index is 2.57. The van der Waals surface area contributed by atoms with Gasteiger partial charge in [-0.3, -0.25) is 9.89 Å². The number of nitrogens with two attached hydrogens (primary N) is 1. The molecule has 0 aliphatic rings. The minimum absolute atomic E-state index is 0.0536. The Morgan fingerprint density at radius 3 is 2.26 bits per heavy atom. The molecule has 0 aliphatic heterocycles. The van der Waals surface area contributed by atoms with Crippen molar-refractivity contribution in [2.45, 2.75) is 13.8 Å². The summed E-state index contributed by atoms with van der Waals surface area (Å²) >= 11 is 0. The summed E-state index contributed by atoms with van der Waals surface area (Å²) in [5, 5.41) is 6.15. The fourth-order valence-electron chi connectivity index (χ4n) is 1.47. The standard InChI is InChI=1S/C11H21N5O3/c1-3-18-7-5-16(6-8-19-4-2)10(17)9-13-11(12)15-14-9/h3-8H2,1-2H3,(H3,12,13,14,15). The predicted molar refractivity (Wildman–Crippen MR) is 69.7 cm³/mol. The van der Waals surface area contributed by atoms with Gasteiger partial charge in [0.1, 0.15) is 0 Å². The molecule has 1 rings (SSSR count). The van der Waals surface area contributed by atoms with E-state index >= 15 is 0 Å². The summed E-state index contributed by atoms with van der Waals surface area (Å²) in [6, 6.07) is 0. The highest BCUT2D eigenvalue weighted by molar-refractivity contribution is 5.90. The molecule has 3 N–H and O–H groups in total. The van der Waals surface area contributed by atoms with Gasteiger partial charge in [-0.1, -0.05) is 0 Å². The molecule has 0 aromatic carbocycles. The van der Waals surface area contributed by atoms with Crippen LogP contribution in [-0.2, 0) is 9.47 Å². The van der Waals surface area contributed by atoms with E-state index in [0.29, 0.717) is 39.5 Å². The molecule has 1 amide bonds. The van der Waals surface area contributed by atoms with E-state index in [0.717, 1.165) is 0 Å². The Labute approximate surface area is 112 Å². The number of ether oxygens (including phenoxy) is 2. The normalized spacial score (nSPS) is 10.6. The van der Waals surface area contributed by atoms with Gasteiger partial charge in [0, 0.05) is 26.3 Å². The van der Waals surface area contributed by atoms with E-state index in [2.05, 4.69) is 15.2 Å². The first-order valence-electron chi connectivity index (χ1n) is 6.31. The molecule has 8 heteroatoms. The first-order valence-corrected chi connectivity index (χ1v) is 6.31. The van der Waals surface area contributed by atoms with Crippen molar-refractivity contribution in [3.63, 3.8) is 0 Å². The van der Waals surface area contributed by atoms with Gasteiger partial charge in [-0.25, -0.2) is 0 Å². The average Bonchev–Trinajstić information content (AvgIpc) is 2.83. The zero-order chi connectivity index (χ0) is 14.1. The molecule has 0 spiro atoms. The molecular weight excluding hydrogens is 250 g/mol. The molecule has 0 radical (unpaired) electrons. The summed E-state index contributed by atoms with van der Waals surface area (Å²) in [6.45, 7) is 6.93. The third kappa shape index (κ3) is 5.23. The van der Waals surface area contributed by atoms with Crippen molar-refractivity contribution in [2.24, 2.45) is 0 Å². The highest BCUT2D eigenvalue weighted by Crippen LogP contribution is 2.01. The molecule has 0 fully saturated rings. The Morgan fingerprint density at radius 1 is 1.26 bits per heavy atom. The van der Waals surface area contributed by atoms with Crippen LogP contribution in [0.3, 0.4) is 0 Å². The minimum Gasteiger partial charge on any atom is -0.380 e. The van der Waals surface area contributed by atoms with Crippen molar-refractivity contribution in [1.82, 2.24) is 20.1 Å². The molecule has 0 atom stereocenters. The van der Waals surface area contributed by atoms with Crippen LogP contribution in [0.5, 0.6) is 0 Å². The van der Waals surface area contributed by atoms with Gasteiger partial charge in [-0.15, -0.1) is 5.10 Å². The number of amides is 1. The predicted octanol–water partition coefficient (Wildman–Crippen LogP) is -0.0979. The summed E-state index contributed by atoms with van der Waals surface area (Å²) in [6.07, 6.45) is 0. The first-order chi connectivity index (χ1) is 9.19. The Hall–Kier alpha value is -1.67. The highest BCUT2D eigenvalue weighted by atomic mass is 16.5. The largest absolute Gasteiger partial charge is 0.380 e. The van der Waals surface area contributed by atoms with Crippen LogP contribution < -0.4 is 5.73 Å². The van der Waals surface area contributed by atoms with Crippen LogP contribution in [-0.4, -0.2) is 65.5 Å². The number of aromatic nitrogens is 3. The second-order valence-electron chi connectivity index (χ2n) is 3.73. The van der Waals surface area contributed by atoms with Crippen LogP contribution in [0.25, 0.3) is 0 Å². The van der Waals surface area contributed by atoms with Gasteiger partial charge in [0.2, 0.25) is 11.8 Å². The average molecular weight is 271 g/mol. The van der Waals surface area contributed by atoms with Gasteiger partial charge in [-0.05, 0) is 13.8 Å². The van der Waals surface area contributed by atoms with Gasteiger partial charge in [0.25, 0.3) is 5.91 Å². The molecule has 1 aromatic heterocycles. The van der Waals surface area contributed by atoms with Crippen molar-refractivity contribution in [3.8, 4) is 0 Å². The number of nitrogen functional groups attached to an aromatic ring is 1. The maximum absolute atomic E-state index is 12.2. The van der Waals surface area contributed by atoms with E-state index in [-0.39, 0.29) is 17.7 Å². The number of nitrogens with zero attached hydrogens (tertiary/aromatic N) is 3. The molecule has 0 aliphatic carbocycles. The van der Waals surface area contributed by atoms with Gasteiger partial charge < -0.3 is 20.1 Å². The van der Waals surface area contributed by atoms with Crippen molar-refractivity contribution in [3.05, 3.63) is 5.82 Å². The van der Waals surface area contributed by atoms with E-state index in [4.69, 9.17) is 15.2 Å². The maximum Gasteiger partial charge on any atom is 0.291 e. The molecule has 0 bridgehead atoms. The molecule has 108 valence electrons. The molecule has 1 heterocycles. The fourth-order valence-corrected chi connectivity index (χ4v) is 1.47. The van der Waals surface area contributed by atoms with Crippen LogP contribution in [0.2, 0.25) is 0 Å². The molecule has 8 nitrogen and oxygen atoms in total. The lowest BCUT2D eigenvalue weighted by atomic mass is 10.4. The second kappa shape index (κ2) is 8.44. The van der Waals surface area contributed by atoms with Crippen LogP contribution >= 0.6 is 0 Å². The monoisotopic (exact) mass is 271 g/mol. The van der Waals surface area contributed by atoms with Crippen LogP contribution in [0.15, 0.2) is 0 Å². The second-order valence-corrected chi connectivity index (χ2v) is 3.73. The van der Waals surface area contributed by atoms with Gasteiger partial charge in [-0.2, -0.15) is 4.98 Å². The van der Waals surface area contributed by atoms with Crippen molar-refractivity contribution in [1.29, 1.82) is 0 Å². The zero-order valence-electron chi connectivity index (χ0n) is 11.4. The number of hydrogen-bond donors (Lipinski definition) is 2. The van der Waals surface area contributed by atoms with Crippen LogP contribution in [0.4, 0.5) is 5.95 Å². The summed E-state index contributed by atoms with van der Waals surface area (Å²) in [5.74, 6) is -0.0768. The molecule has 0 saturated carbocycles. The molecule has 0 unspecified atom stereocenters. The number of hydrogen-bond acceptors (Lipinski definition) is 6. The number of H-pyrrole nitrogens is 1. The Bertz CT molecular complexity index is 372. The van der Waals surface area contributed by atoms with Gasteiger partial charge in [0.05, 0.1) is 13.2 Å². The molecule has 19 heavy (non-hydrogen) atoms. The Morgan fingerprint density at radius 2 is 1.84 bits per heavy atom. The lowest BCUT2D eigenvalue weighted by molar-refractivity contribution is 0.0540. The maximum atomic E-state index is 12.2. The topological polar surface area (TPSA) is 106 Å². The fraction of sp³-hybridized carbons (Fsp3) is 0.727. The summed E-state index contributed by atoms with van der Waals surface area (Å²) < 4.78 is 10.5. The minimum atomic E-state index is -0.261. The van der Waals surface area contributed by atoms with Gasteiger partial charge in [0.15, 0.2) is 0 Å². The summed E-state index contributed by atoms with van der Waals surface area (Å²) in [7, 11) is 0. The SMILES string of the molecule is CCOCCN(CCOCC)C(=O)c1nc(N)n[nH]1. The number of anilines is 1. The Kier molecular flexibility index (Phi) is 6.83. The van der Waals surface area contributed by atoms with Crippen molar-refractivity contribution in [2.75, 3.05) is 45.3 Å². The third-order valence-corrected chi connectivity index (χ3v) is 2.41. The first kappa shape index (κ1) is 15.4. The van der Waals surface area contributed by atoms with Crippen molar-refractivity contribution < 1.29 is 14.3 Å². The number of rotatable bonds is 9. The van der Waals surface area contributed by atoms with E-state index in [1.165, 1.54) is 0 Å². The summed E-state index contributed by atoms with van der Waals surface area (Å²) in [5.41, 5.74) is 5.39. The lowest BCUT2D eigenvalue weighted by Gasteiger charge is -2.21. The smallest absolute Gasteiger partial charge is 0.291 e. The van der Waals surface area contributed by atoms with Crippen molar-refractivity contribution >= 4 is 11.9 Å². The third-order valence-electron chi connectivity index (χ3n) is 2.41. The number of carbonyl (C=O) groups is 1. The highest BCUT2D eigenvalue weighted by Gasteiger charge is 2.18. The quantitative estimate of drug-likeness (QED) is 0.607. The number of aromatic amines is 1. The van der Waals surface area contributed by atoms with E-state index < -0.39 is 0 Å². The van der Waals surface area contributed by atoms with Crippen LogP contribution in [0, 0.1) is 0 Å². The molecule has 1 aromatic rings. The van der Waals surface area contributed by atoms with E-state index in [1.54, 1.807) is 4.90 Å². The zero-order valence-corrected chi connectivity index (χ0v) is 11.4. The number of nitrogens with one attached hydrogen (secondary N) is 1. The molecule has 0 saturated heterocycles. The van der Waals surface area contributed by atoms with Gasteiger partial charge >= 0.3 is 0 Å². The number of carbonyl (C=O) groups excluding carboxylic acids is 1. The van der Waals surface area contributed by atoms with E-state index in [9.17, 15) is 4.79 Å². The van der Waals surface area contributed by atoms with E-state index in [1.807, 2.05) is 13.8 Å². The molecular formula is C11H21N5O3. The summed E-state index contributed by atoms with van der Waals surface area (Å²) in [4.78, 5) is 17.6. The van der Waals surface area contributed by atoms with Crippen LogP contribution in [0.1, 0.15) is 24.5 Å².